The summed E-state index contributed by atoms with van der Waals surface area (Å²) in [6.07, 6.45) is 0.848. The Morgan fingerprint density at radius 3 is 2.52 bits per heavy atom. The van der Waals surface area contributed by atoms with E-state index in [0.29, 0.717) is 32.9 Å². The number of benzene rings is 1. The fourth-order valence-corrected chi connectivity index (χ4v) is 3.72. The molecule has 0 atom stereocenters. The highest BCUT2D eigenvalue weighted by atomic mass is 79.9. The monoisotopic (exact) mass is 441 g/mol. The van der Waals surface area contributed by atoms with Crippen LogP contribution in [0.15, 0.2) is 16.6 Å². The van der Waals surface area contributed by atoms with Crippen LogP contribution in [0.4, 0.5) is 0 Å². The largest absolute Gasteiger partial charge is 0.486 e. The summed E-state index contributed by atoms with van der Waals surface area (Å²) in [4.78, 5) is 16.6. The fraction of sp³-hybridized carbons (Fsp3) is 0.632. The van der Waals surface area contributed by atoms with Gasteiger partial charge < -0.3 is 19.5 Å². The molecule has 8 heteroatoms. The van der Waals surface area contributed by atoms with E-state index in [1.54, 1.807) is 7.11 Å². The van der Waals surface area contributed by atoms with Gasteiger partial charge in [-0.05, 0) is 24.1 Å². The zero-order valence-corrected chi connectivity index (χ0v) is 17.4. The molecule has 0 spiro atoms. The van der Waals surface area contributed by atoms with Gasteiger partial charge in [-0.15, -0.1) is 0 Å². The van der Waals surface area contributed by atoms with Crippen LogP contribution < -0.4 is 14.8 Å². The molecule has 2 aliphatic heterocycles. The Labute approximate surface area is 169 Å². The number of nitrogens with one attached hydrogen (secondary N) is 1. The van der Waals surface area contributed by atoms with Crippen LogP contribution in [-0.4, -0.2) is 81.9 Å². The van der Waals surface area contributed by atoms with Gasteiger partial charge in [-0.2, -0.15) is 0 Å². The summed E-state index contributed by atoms with van der Waals surface area (Å²) >= 11 is 3.65. The molecule has 0 aromatic heterocycles. The Bertz CT molecular complexity index is 636. The summed E-state index contributed by atoms with van der Waals surface area (Å²) in [6, 6.07) is 4.06. The summed E-state index contributed by atoms with van der Waals surface area (Å²) in [5.41, 5.74) is 1.20. The zero-order chi connectivity index (χ0) is 19.1. The topological polar surface area (TPSA) is 63.3 Å². The zero-order valence-electron chi connectivity index (χ0n) is 15.8. The van der Waals surface area contributed by atoms with Gasteiger partial charge >= 0.3 is 0 Å². The quantitative estimate of drug-likeness (QED) is 0.616. The number of hydrogen-bond acceptors (Lipinski definition) is 6. The summed E-state index contributed by atoms with van der Waals surface area (Å²) in [7, 11) is 1.67. The Morgan fingerprint density at radius 2 is 1.81 bits per heavy atom. The van der Waals surface area contributed by atoms with Crippen molar-refractivity contribution in [1.82, 2.24) is 15.1 Å². The van der Waals surface area contributed by atoms with E-state index < -0.39 is 0 Å². The van der Waals surface area contributed by atoms with Crippen molar-refractivity contribution in [3.63, 3.8) is 0 Å². The van der Waals surface area contributed by atoms with Crippen molar-refractivity contribution in [2.24, 2.45) is 0 Å². The molecule has 1 saturated heterocycles. The molecule has 1 aromatic rings. The van der Waals surface area contributed by atoms with E-state index in [9.17, 15) is 4.79 Å². The van der Waals surface area contributed by atoms with E-state index in [0.717, 1.165) is 55.1 Å². The maximum atomic E-state index is 12.0. The number of carbonyl (C=O) groups is 1. The number of nitrogens with zero attached hydrogens (tertiary/aromatic N) is 2. The van der Waals surface area contributed by atoms with Crippen LogP contribution in [-0.2, 0) is 16.1 Å². The molecule has 150 valence electrons. The Kier molecular flexibility index (Phi) is 7.75. The van der Waals surface area contributed by atoms with Crippen LogP contribution in [0.25, 0.3) is 0 Å². The minimum absolute atomic E-state index is 0.0918. The number of fused-ring (bicyclic) bond motifs is 1. The Balaban J connectivity index is 1.42. The van der Waals surface area contributed by atoms with Crippen molar-refractivity contribution in [3.8, 4) is 11.5 Å². The third-order valence-corrected chi connectivity index (χ3v) is 5.52. The normalized spacial score (nSPS) is 17.7. The van der Waals surface area contributed by atoms with Gasteiger partial charge in [0.15, 0.2) is 11.5 Å². The first-order valence-electron chi connectivity index (χ1n) is 9.44. The maximum Gasteiger partial charge on any atom is 0.234 e. The Hall–Kier alpha value is -1.35. The van der Waals surface area contributed by atoms with Crippen molar-refractivity contribution in [1.29, 1.82) is 0 Å². The van der Waals surface area contributed by atoms with Crippen molar-refractivity contribution in [3.05, 3.63) is 22.2 Å². The van der Waals surface area contributed by atoms with Crippen LogP contribution in [0.1, 0.15) is 12.0 Å². The second-order valence-corrected chi connectivity index (χ2v) is 7.69. The molecule has 3 rings (SSSR count). The molecule has 1 fully saturated rings. The lowest BCUT2D eigenvalue weighted by molar-refractivity contribution is -0.122. The third kappa shape index (κ3) is 6.07. The molecule has 7 nitrogen and oxygen atoms in total. The first-order chi connectivity index (χ1) is 13.2. The SMILES string of the molecule is COCCCNC(=O)CN1CCN(Cc2cc3c(cc2Br)OCCO3)CC1. The number of hydrogen-bond donors (Lipinski definition) is 1. The lowest BCUT2D eigenvalue weighted by Crippen LogP contribution is -2.49. The first-order valence-corrected chi connectivity index (χ1v) is 10.2. The van der Waals surface area contributed by atoms with Crippen LogP contribution in [0.5, 0.6) is 11.5 Å². The predicted molar refractivity (Wildman–Crippen MR) is 106 cm³/mol. The number of rotatable bonds is 8. The summed E-state index contributed by atoms with van der Waals surface area (Å²) in [5, 5.41) is 2.95. The van der Waals surface area contributed by atoms with Crippen molar-refractivity contribution >= 4 is 21.8 Å². The first kappa shape index (κ1) is 20.4. The van der Waals surface area contributed by atoms with E-state index in [-0.39, 0.29) is 5.91 Å². The molecular formula is C19H28BrN3O4. The maximum absolute atomic E-state index is 12.0. The van der Waals surface area contributed by atoms with Gasteiger partial charge in [-0.25, -0.2) is 0 Å². The molecule has 1 amide bonds. The van der Waals surface area contributed by atoms with E-state index in [1.807, 2.05) is 6.07 Å². The number of carbonyl (C=O) groups excluding carboxylic acids is 1. The number of amides is 1. The van der Waals surface area contributed by atoms with Crippen molar-refractivity contribution in [2.45, 2.75) is 13.0 Å². The lowest BCUT2D eigenvalue weighted by Gasteiger charge is -2.34. The number of ether oxygens (including phenoxy) is 3. The molecule has 2 heterocycles. The second kappa shape index (κ2) is 10.3. The highest BCUT2D eigenvalue weighted by Crippen LogP contribution is 2.36. The van der Waals surface area contributed by atoms with Gasteiger partial charge in [0.25, 0.3) is 0 Å². The molecule has 27 heavy (non-hydrogen) atoms. The molecule has 0 radical (unpaired) electrons. The number of piperazine rings is 1. The minimum atomic E-state index is 0.0918. The van der Waals surface area contributed by atoms with Crippen LogP contribution in [0.2, 0.25) is 0 Å². The standard InChI is InChI=1S/C19H28BrN3O4/c1-25-8-2-3-21-19(24)14-23-6-4-22(5-7-23)13-15-11-17-18(12-16(15)20)27-10-9-26-17/h11-12H,2-10,13-14H2,1H3,(H,21,24). The van der Waals surface area contributed by atoms with Gasteiger partial charge in [0.2, 0.25) is 5.91 Å². The second-order valence-electron chi connectivity index (χ2n) is 6.84. The van der Waals surface area contributed by atoms with E-state index >= 15 is 0 Å². The van der Waals surface area contributed by atoms with Gasteiger partial charge in [0.05, 0.1) is 6.54 Å². The average molecular weight is 442 g/mol. The lowest BCUT2D eigenvalue weighted by atomic mass is 10.1. The minimum Gasteiger partial charge on any atom is -0.486 e. The fourth-order valence-electron chi connectivity index (χ4n) is 3.28. The van der Waals surface area contributed by atoms with Crippen molar-refractivity contribution in [2.75, 3.05) is 66.2 Å². The van der Waals surface area contributed by atoms with E-state index in [1.165, 1.54) is 5.56 Å². The van der Waals surface area contributed by atoms with Crippen molar-refractivity contribution < 1.29 is 19.0 Å². The average Bonchev–Trinajstić information content (AvgIpc) is 2.67. The molecule has 0 bridgehead atoms. The molecule has 2 aliphatic rings. The highest BCUT2D eigenvalue weighted by molar-refractivity contribution is 9.10. The third-order valence-electron chi connectivity index (χ3n) is 4.78. The Morgan fingerprint density at radius 1 is 1.15 bits per heavy atom. The molecular weight excluding hydrogens is 414 g/mol. The number of methoxy groups -OCH3 is 1. The smallest absolute Gasteiger partial charge is 0.234 e. The molecule has 0 aliphatic carbocycles. The molecule has 0 saturated carbocycles. The van der Waals surface area contributed by atoms with Gasteiger partial charge in [0, 0.05) is 57.5 Å². The predicted octanol–water partition coefficient (Wildman–Crippen LogP) is 1.49. The van der Waals surface area contributed by atoms with E-state index in [2.05, 4.69) is 37.1 Å². The van der Waals surface area contributed by atoms with Gasteiger partial charge in [-0.1, -0.05) is 15.9 Å². The van der Waals surface area contributed by atoms with E-state index in [4.69, 9.17) is 14.2 Å². The van der Waals surface area contributed by atoms with Crippen LogP contribution in [0, 0.1) is 0 Å². The molecule has 1 aromatic carbocycles. The van der Waals surface area contributed by atoms with Gasteiger partial charge in [-0.3, -0.25) is 14.6 Å². The number of halogens is 1. The summed E-state index contributed by atoms with van der Waals surface area (Å²) < 4.78 is 17.3. The van der Waals surface area contributed by atoms with Crippen LogP contribution >= 0.6 is 15.9 Å². The highest BCUT2D eigenvalue weighted by Gasteiger charge is 2.21. The summed E-state index contributed by atoms with van der Waals surface area (Å²) in [5.74, 6) is 1.72. The van der Waals surface area contributed by atoms with Gasteiger partial charge in [0.1, 0.15) is 13.2 Å². The van der Waals surface area contributed by atoms with Crippen LogP contribution in [0.3, 0.4) is 0 Å². The molecule has 0 unspecified atom stereocenters. The summed E-state index contributed by atoms with van der Waals surface area (Å²) in [6.45, 7) is 7.54. The molecule has 1 N–H and O–H groups in total.